The minimum absolute atomic E-state index is 0.408. The van der Waals surface area contributed by atoms with Crippen LogP contribution in [0.1, 0.15) is 43.7 Å². The molecule has 1 aromatic rings. The smallest absolute Gasteiger partial charge is 0.0651 e. The molecule has 0 heterocycles. The Bertz CT molecular complexity index is 375. The van der Waals surface area contributed by atoms with Gasteiger partial charge in [0.25, 0.3) is 0 Å². The Kier molecular flexibility index (Phi) is 3.68. The minimum atomic E-state index is -0.477. The third-order valence-electron chi connectivity index (χ3n) is 4.06. The van der Waals surface area contributed by atoms with E-state index in [0.29, 0.717) is 5.92 Å². The van der Waals surface area contributed by atoms with Gasteiger partial charge in [-0.25, -0.2) is 0 Å². The first-order chi connectivity index (χ1) is 8.12. The van der Waals surface area contributed by atoms with Gasteiger partial charge in [0, 0.05) is 0 Å². The summed E-state index contributed by atoms with van der Waals surface area (Å²) in [7, 11) is 0. The van der Waals surface area contributed by atoms with E-state index in [0.717, 1.165) is 24.8 Å². The molecule has 0 bridgehead atoms. The predicted octanol–water partition coefficient (Wildman–Crippen LogP) is 3.81. The van der Waals surface area contributed by atoms with Gasteiger partial charge in [-0.2, -0.15) is 0 Å². The van der Waals surface area contributed by atoms with E-state index in [-0.39, 0.29) is 0 Å². The molecule has 1 heteroatoms. The molecule has 2 atom stereocenters. The number of aliphatic hydroxyl groups is 1. The maximum Gasteiger partial charge on any atom is 0.0651 e. The van der Waals surface area contributed by atoms with Gasteiger partial charge < -0.3 is 5.11 Å². The molecular formula is C16H22O. The number of rotatable bonds is 3. The molecule has 0 aliphatic heterocycles. The first-order valence-electron chi connectivity index (χ1n) is 6.55. The van der Waals surface area contributed by atoms with Crippen LogP contribution in [0.25, 0.3) is 6.08 Å². The van der Waals surface area contributed by atoms with Crippen LogP contribution in [0.5, 0.6) is 0 Å². The molecule has 1 N–H and O–H groups in total. The van der Waals surface area contributed by atoms with Gasteiger partial charge in [-0.3, -0.25) is 0 Å². The van der Waals surface area contributed by atoms with E-state index in [9.17, 15) is 5.11 Å². The number of hydrogen-bond acceptors (Lipinski definition) is 1. The van der Waals surface area contributed by atoms with Gasteiger partial charge in [0.15, 0.2) is 0 Å². The summed E-state index contributed by atoms with van der Waals surface area (Å²) < 4.78 is 0. The molecule has 0 radical (unpaired) electrons. The molecule has 0 saturated heterocycles. The number of hydrogen-bond donors (Lipinski definition) is 1. The molecule has 1 aliphatic carbocycles. The average Bonchev–Trinajstić information content (AvgIpc) is 2.33. The Morgan fingerprint density at radius 1 is 1.35 bits per heavy atom. The fourth-order valence-corrected chi connectivity index (χ4v) is 2.78. The van der Waals surface area contributed by atoms with Crippen molar-refractivity contribution in [2.24, 2.45) is 5.92 Å². The lowest BCUT2D eigenvalue weighted by Crippen LogP contribution is -2.38. The summed E-state index contributed by atoms with van der Waals surface area (Å²) >= 11 is 0. The van der Waals surface area contributed by atoms with Crippen molar-refractivity contribution >= 4 is 6.08 Å². The van der Waals surface area contributed by atoms with Crippen LogP contribution in [0.4, 0.5) is 0 Å². The molecule has 1 aromatic carbocycles. The van der Waals surface area contributed by atoms with E-state index in [1.165, 1.54) is 18.4 Å². The molecule has 1 saturated carbocycles. The minimum Gasteiger partial charge on any atom is -0.390 e. The van der Waals surface area contributed by atoms with Crippen LogP contribution >= 0.6 is 0 Å². The predicted molar refractivity (Wildman–Crippen MR) is 72.8 cm³/mol. The highest BCUT2D eigenvalue weighted by molar-refractivity contribution is 5.47. The molecule has 1 aliphatic rings. The molecule has 2 rings (SSSR count). The van der Waals surface area contributed by atoms with Crippen LogP contribution in [-0.4, -0.2) is 10.7 Å². The quantitative estimate of drug-likeness (QED) is 0.837. The van der Waals surface area contributed by atoms with E-state index in [1.807, 2.05) is 13.0 Å². The molecule has 1 fully saturated rings. The van der Waals surface area contributed by atoms with Crippen molar-refractivity contribution in [1.82, 2.24) is 0 Å². The molecule has 0 amide bonds. The van der Waals surface area contributed by atoms with Crippen molar-refractivity contribution in [3.63, 3.8) is 0 Å². The van der Waals surface area contributed by atoms with Crippen LogP contribution in [-0.2, 0) is 6.42 Å². The van der Waals surface area contributed by atoms with Crippen molar-refractivity contribution in [3.8, 4) is 0 Å². The van der Waals surface area contributed by atoms with Crippen molar-refractivity contribution in [3.05, 3.63) is 42.0 Å². The second-order valence-corrected chi connectivity index (χ2v) is 5.45. The Labute approximate surface area is 104 Å². The van der Waals surface area contributed by atoms with Gasteiger partial charge in [0.2, 0.25) is 0 Å². The molecule has 0 aromatic heterocycles. The summed E-state index contributed by atoms with van der Waals surface area (Å²) in [4.78, 5) is 0. The zero-order valence-electron chi connectivity index (χ0n) is 10.7. The Balaban J connectivity index is 2.06. The second kappa shape index (κ2) is 5.05. The second-order valence-electron chi connectivity index (χ2n) is 5.45. The van der Waals surface area contributed by atoms with Gasteiger partial charge in [-0.15, -0.1) is 0 Å². The Hall–Kier alpha value is -1.08. The van der Waals surface area contributed by atoms with Crippen LogP contribution in [0, 0.1) is 5.92 Å². The van der Waals surface area contributed by atoms with Crippen LogP contribution in [0.3, 0.4) is 0 Å². The summed E-state index contributed by atoms with van der Waals surface area (Å²) in [6, 6.07) is 8.50. The molecular weight excluding hydrogens is 208 g/mol. The highest BCUT2D eigenvalue weighted by atomic mass is 16.3. The first-order valence-corrected chi connectivity index (χ1v) is 6.55. The third-order valence-corrected chi connectivity index (χ3v) is 4.06. The van der Waals surface area contributed by atoms with E-state index < -0.39 is 5.60 Å². The van der Waals surface area contributed by atoms with Crippen molar-refractivity contribution in [2.45, 2.75) is 44.6 Å². The van der Waals surface area contributed by atoms with Gasteiger partial charge in [0.05, 0.1) is 5.60 Å². The Morgan fingerprint density at radius 3 is 2.65 bits per heavy atom. The van der Waals surface area contributed by atoms with Crippen molar-refractivity contribution < 1.29 is 5.11 Å². The largest absolute Gasteiger partial charge is 0.390 e. The van der Waals surface area contributed by atoms with Gasteiger partial charge in [-0.05, 0) is 43.2 Å². The maximum absolute atomic E-state index is 10.4. The van der Waals surface area contributed by atoms with E-state index in [4.69, 9.17) is 0 Å². The van der Waals surface area contributed by atoms with E-state index >= 15 is 0 Å². The summed E-state index contributed by atoms with van der Waals surface area (Å²) in [6.45, 7) is 5.75. The van der Waals surface area contributed by atoms with Crippen LogP contribution < -0.4 is 0 Å². The summed E-state index contributed by atoms with van der Waals surface area (Å²) in [6.07, 6.45) is 7.37. The standard InChI is InChI=1S/C16H22O/c1-3-13-7-9-14(10-8-13)12-15-6-4-5-11-16(15,2)17/h3,7-10,15,17H,1,4-6,11-12H2,2H3/t15-,16-/m1/s1. The molecule has 92 valence electrons. The summed E-state index contributed by atoms with van der Waals surface area (Å²) in [5.74, 6) is 0.408. The maximum atomic E-state index is 10.4. The fraction of sp³-hybridized carbons (Fsp3) is 0.500. The lowest BCUT2D eigenvalue weighted by Gasteiger charge is -2.37. The lowest BCUT2D eigenvalue weighted by atomic mass is 9.74. The Morgan fingerprint density at radius 2 is 2.06 bits per heavy atom. The van der Waals surface area contributed by atoms with Crippen LogP contribution in [0.2, 0.25) is 0 Å². The number of benzene rings is 1. The first kappa shape index (κ1) is 12.4. The highest BCUT2D eigenvalue weighted by Gasteiger charge is 2.33. The fourth-order valence-electron chi connectivity index (χ4n) is 2.78. The molecule has 17 heavy (non-hydrogen) atoms. The third kappa shape index (κ3) is 2.98. The van der Waals surface area contributed by atoms with E-state index in [2.05, 4.69) is 30.8 Å². The summed E-state index contributed by atoms with van der Waals surface area (Å²) in [5, 5.41) is 10.4. The van der Waals surface area contributed by atoms with Crippen molar-refractivity contribution in [1.29, 1.82) is 0 Å². The van der Waals surface area contributed by atoms with E-state index in [1.54, 1.807) is 0 Å². The van der Waals surface area contributed by atoms with Gasteiger partial charge in [-0.1, -0.05) is 49.8 Å². The van der Waals surface area contributed by atoms with Gasteiger partial charge in [0.1, 0.15) is 0 Å². The zero-order valence-corrected chi connectivity index (χ0v) is 10.7. The topological polar surface area (TPSA) is 20.2 Å². The molecule has 0 spiro atoms. The monoisotopic (exact) mass is 230 g/mol. The molecule has 1 nitrogen and oxygen atoms in total. The van der Waals surface area contributed by atoms with Gasteiger partial charge >= 0.3 is 0 Å². The SMILES string of the molecule is C=Cc1ccc(C[C@H]2CCCC[C@@]2(C)O)cc1. The molecule has 0 unspecified atom stereocenters. The van der Waals surface area contributed by atoms with Crippen molar-refractivity contribution in [2.75, 3.05) is 0 Å². The highest BCUT2D eigenvalue weighted by Crippen LogP contribution is 2.35. The zero-order chi connectivity index (χ0) is 12.3. The van der Waals surface area contributed by atoms with Crippen LogP contribution in [0.15, 0.2) is 30.8 Å². The lowest BCUT2D eigenvalue weighted by molar-refractivity contribution is -0.0314. The average molecular weight is 230 g/mol. The summed E-state index contributed by atoms with van der Waals surface area (Å²) in [5.41, 5.74) is 2.00. The normalized spacial score (nSPS) is 28.9.